The fourth-order valence-electron chi connectivity index (χ4n) is 4.64. The lowest BCUT2D eigenvalue weighted by Crippen LogP contribution is -2.34. The molecular weight excluding hydrogens is 370 g/mol. The zero-order valence-corrected chi connectivity index (χ0v) is 16.2. The van der Waals surface area contributed by atoms with Crippen molar-refractivity contribution in [2.75, 3.05) is 26.7 Å². The predicted molar refractivity (Wildman–Crippen MR) is 103 cm³/mol. The van der Waals surface area contributed by atoms with E-state index in [4.69, 9.17) is 0 Å². The van der Waals surface area contributed by atoms with Crippen LogP contribution in [0.1, 0.15) is 27.5 Å². The summed E-state index contributed by atoms with van der Waals surface area (Å²) in [7, 11) is 2.13. The van der Waals surface area contributed by atoms with Crippen LogP contribution in [0.15, 0.2) is 42.5 Å². The van der Waals surface area contributed by atoms with Crippen LogP contribution in [0.4, 0.5) is 8.78 Å². The van der Waals surface area contributed by atoms with Crippen LogP contribution in [-0.4, -0.2) is 42.4 Å². The number of rotatable bonds is 2. The number of halogens is 3. The third-order valence-corrected chi connectivity index (χ3v) is 5.85. The van der Waals surface area contributed by atoms with Crippen molar-refractivity contribution in [2.24, 2.45) is 11.8 Å². The molecule has 0 aromatic heterocycles. The van der Waals surface area contributed by atoms with Crippen molar-refractivity contribution >= 4 is 18.3 Å². The highest BCUT2D eigenvalue weighted by atomic mass is 35.5. The minimum Gasteiger partial charge on any atom is -0.338 e. The van der Waals surface area contributed by atoms with Gasteiger partial charge in [-0.3, -0.25) is 9.69 Å². The summed E-state index contributed by atoms with van der Waals surface area (Å²) >= 11 is 0. The number of nitrogens with zero attached hydrogens (tertiary/aromatic N) is 2. The first-order valence-electron chi connectivity index (χ1n) is 8.96. The number of aryl methyl sites for hydroxylation is 1. The third-order valence-electron chi connectivity index (χ3n) is 5.85. The molecule has 2 saturated heterocycles. The fourth-order valence-corrected chi connectivity index (χ4v) is 4.64. The van der Waals surface area contributed by atoms with E-state index in [2.05, 4.69) is 37.1 Å². The largest absolute Gasteiger partial charge is 0.338 e. The Balaban J connectivity index is 0.00000210. The molecule has 0 unspecified atom stereocenters. The molecule has 2 heterocycles. The predicted octanol–water partition coefficient (Wildman–Crippen LogP) is 4.07. The molecule has 2 aromatic rings. The normalized spacial score (nSPS) is 24.6. The number of carbonyl (C=O) groups excluding carboxylic acids is 1. The van der Waals surface area contributed by atoms with Gasteiger partial charge in [-0.1, -0.05) is 24.3 Å². The lowest BCUT2D eigenvalue weighted by molar-refractivity contribution is 0.0763. The molecule has 3 atom stereocenters. The van der Waals surface area contributed by atoms with Crippen molar-refractivity contribution in [3.63, 3.8) is 0 Å². The SMILES string of the molecule is Cc1ccccc1[C@@H]1[C@@H]2CN(C(=O)c3ccc(F)cc3F)C[C@@H]2CN1C.Cl. The van der Waals surface area contributed by atoms with Gasteiger partial charge in [0, 0.05) is 37.7 Å². The number of fused-ring (bicyclic) bond motifs is 1. The van der Waals surface area contributed by atoms with Gasteiger partial charge in [-0.2, -0.15) is 0 Å². The molecule has 2 fully saturated rings. The average molecular weight is 393 g/mol. The first-order chi connectivity index (χ1) is 12.5. The molecule has 0 aliphatic carbocycles. The van der Waals surface area contributed by atoms with Gasteiger partial charge >= 0.3 is 0 Å². The maximum absolute atomic E-state index is 14.0. The van der Waals surface area contributed by atoms with Crippen molar-refractivity contribution in [3.8, 4) is 0 Å². The molecule has 1 amide bonds. The van der Waals surface area contributed by atoms with Crippen LogP contribution in [0.25, 0.3) is 0 Å². The van der Waals surface area contributed by atoms with Gasteiger partial charge in [-0.25, -0.2) is 8.78 Å². The molecule has 4 rings (SSSR count). The van der Waals surface area contributed by atoms with Crippen LogP contribution in [0.3, 0.4) is 0 Å². The van der Waals surface area contributed by atoms with Crippen LogP contribution in [0, 0.1) is 30.4 Å². The van der Waals surface area contributed by atoms with Crippen molar-refractivity contribution in [1.29, 1.82) is 0 Å². The summed E-state index contributed by atoms with van der Waals surface area (Å²) in [6.07, 6.45) is 0. The van der Waals surface area contributed by atoms with Gasteiger partial charge in [-0.05, 0) is 43.1 Å². The van der Waals surface area contributed by atoms with E-state index in [1.165, 1.54) is 17.2 Å². The topological polar surface area (TPSA) is 23.6 Å². The van der Waals surface area contributed by atoms with E-state index in [-0.39, 0.29) is 29.9 Å². The van der Waals surface area contributed by atoms with E-state index in [1.54, 1.807) is 4.90 Å². The highest BCUT2D eigenvalue weighted by Gasteiger charge is 2.47. The van der Waals surface area contributed by atoms with E-state index in [9.17, 15) is 13.6 Å². The highest BCUT2D eigenvalue weighted by Crippen LogP contribution is 2.45. The summed E-state index contributed by atoms with van der Waals surface area (Å²) in [5.41, 5.74) is 2.50. The summed E-state index contributed by atoms with van der Waals surface area (Å²) in [5.74, 6) is -1.10. The summed E-state index contributed by atoms with van der Waals surface area (Å²) in [5, 5.41) is 0. The van der Waals surface area contributed by atoms with Crippen molar-refractivity contribution < 1.29 is 13.6 Å². The number of likely N-dealkylation sites (tertiary alicyclic amines) is 2. The summed E-state index contributed by atoms with van der Waals surface area (Å²) < 4.78 is 27.1. The van der Waals surface area contributed by atoms with Gasteiger partial charge in [0.25, 0.3) is 5.91 Å². The molecule has 0 radical (unpaired) electrons. The summed E-state index contributed by atoms with van der Waals surface area (Å²) in [6.45, 7) is 4.25. The van der Waals surface area contributed by atoms with E-state index < -0.39 is 11.6 Å². The van der Waals surface area contributed by atoms with Gasteiger partial charge in [0.05, 0.1) is 5.56 Å². The highest BCUT2D eigenvalue weighted by molar-refractivity contribution is 5.94. The van der Waals surface area contributed by atoms with E-state index in [0.29, 0.717) is 24.9 Å². The first kappa shape index (κ1) is 19.8. The molecule has 0 N–H and O–H groups in total. The average Bonchev–Trinajstić information content (AvgIpc) is 3.12. The summed E-state index contributed by atoms with van der Waals surface area (Å²) in [6, 6.07) is 11.8. The molecule has 3 nitrogen and oxygen atoms in total. The van der Waals surface area contributed by atoms with Gasteiger partial charge in [0.1, 0.15) is 11.6 Å². The van der Waals surface area contributed by atoms with Crippen LogP contribution < -0.4 is 0 Å². The number of hydrogen-bond donors (Lipinski definition) is 0. The van der Waals surface area contributed by atoms with Crippen LogP contribution in [-0.2, 0) is 0 Å². The smallest absolute Gasteiger partial charge is 0.256 e. The second kappa shape index (κ2) is 7.56. The number of hydrogen-bond acceptors (Lipinski definition) is 2. The van der Waals surface area contributed by atoms with Crippen molar-refractivity contribution in [1.82, 2.24) is 9.80 Å². The first-order valence-corrected chi connectivity index (χ1v) is 8.96. The summed E-state index contributed by atoms with van der Waals surface area (Å²) in [4.78, 5) is 16.8. The Bertz CT molecular complexity index is 860. The van der Waals surface area contributed by atoms with E-state index >= 15 is 0 Å². The number of benzene rings is 2. The monoisotopic (exact) mass is 392 g/mol. The van der Waals surface area contributed by atoms with E-state index in [1.807, 2.05) is 6.07 Å². The molecule has 0 saturated carbocycles. The lowest BCUT2D eigenvalue weighted by atomic mass is 9.88. The molecule has 0 bridgehead atoms. The number of amides is 1. The quantitative estimate of drug-likeness (QED) is 0.769. The molecule has 2 aromatic carbocycles. The second-order valence-electron chi connectivity index (χ2n) is 7.50. The van der Waals surface area contributed by atoms with Crippen molar-refractivity contribution in [2.45, 2.75) is 13.0 Å². The molecule has 27 heavy (non-hydrogen) atoms. The lowest BCUT2D eigenvalue weighted by Gasteiger charge is -2.28. The molecular formula is C21H23ClF2N2O. The van der Waals surface area contributed by atoms with Gasteiger partial charge in [0.15, 0.2) is 0 Å². The van der Waals surface area contributed by atoms with Gasteiger partial charge in [-0.15, -0.1) is 12.4 Å². The molecule has 0 spiro atoms. The Labute approximate surface area is 164 Å². The molecule has 2 aliphatic rings. The second-order valence-corrected chi connectivity index (χ2v) is 7.50. The fraction of sp³-hybridized carbons (Fsp3) is 0.381. The zero-order valence-electron chi connectivity index (χ0n) is 15.4. The van der Waals surface area contributed by atoms with Crippen LogP contribution in [0.5, 0.6) is 0 Å². The van der Waals surface area contributed by atoms with Gasteiger partial charge < -0.3 is 4.90 Å². The Morgan fingerprint density at radius 3 is 2.52 bits per heavy atom. The Morgan fingerprint density at radius 1 is 1.07 bits per heavy atom. The third kappa shape index (κ3) is 3.46. The van der Waals surface area contributed by atoms with Crippen LogP contribution >= 0.6 is 12.4 Å². The Hall–Kier alpha value is -1.98. The van der Waals surface area contributed by atoms with Gasteiger partial charge in [0.2, 0.25) is 0 Å². The maximum Gasteiger partial charge on any atom is 0.256 e. The minimum atomic E-state index is -0.792. The zero-order chi connectivity index (χ0) is 18.4. The van der Waals surface area contributed by atoms with Crippen LogP contribution in [0.2, 0.25) is 0 Å². The molecule has 144 valence electrons. The maximum atomic E-state index is 14.0. The Morgan fingerprint density at radius 2 is 1.81 bits per heavy atom. The molecule has 2 aliphatic heterocycles. The number of carbonyl (C=O) groups is 1. The van der Waals surface area contributed by atoms with Crippen molar-refractivity contribution in [3.05, 3.63) is 70.8 Å². The molecule has 6 heteroatoms. The standard InChI is InChI=1S/C21H22F2N2O.ClH/c1-13-5-3-4-6-16(13)20-18-12-25(11-14(18)10-24(20)2)21(26)17-8-7-15(22)9-19(17)23;/h3-9,14,18,20H,10-12H2,1-2H3;1H/t14-,18+,20+;/m0./s1. The van der Waals surface area contributed by atoms with E-state index in [0.717, 1.165) is 18.7 Å². The Kier molecular flexibility index (Phi) is 5.54. The minimum absolute atomic E-state index is 0.